The summed E-state index contributed by atoms with van der Waals surface area (Å²) in [6.07, 6.45) is 5.75. The molecule has 0 N–H and O–H groups in total. The van der Waals surface area contributed by atoms with E-state index in [1.54, 1.807) is 30.5 Å². The molecule has 0 aromatic heterocycles. The van der Waals surface area contributed by atoms with Crippen LogP contribution in [0.3, 0.4) is 0 Å². The molecule has 6 heteroatoms. The molecule has 0 saturated heterocycles. The topological polar surface area (TPSA) is 27.7 Å². The Kier molecular flexibility index (Phi) is 8.32. The summed E-state index contributed by atoms with van der Waals surface area (Å²) < 4.78 is 18.8. The second kappa shape index (κ2) is 8.94. The Morgan fingerprint density at radius 3 is 2.08 bits per heavy atom. The van der Waals surface area contributed by atoms with Gasteiger partial charge in [-0.3, -0.25) is 0 Å². The molecule has 3 nitrogen and oxygen atoms in total. The van der Waals surface area contributed by atoms with Gasteiger partial charge in [0.05, 0.1) is 0 Å². The fraction of sp³-hybridized carbons (Fsp3) is 0.684. The average Bonchev–Trinajstić information content (AvgIpc) is 2.99. The Morgan fingerprint density at radius 1 is 1.16 bits per heavy atom. The van der Waals surface area contributed by atoms with Crippen molar-refractivity contribution in [2.45, 2.75) is 54.5 Å². The SMILES string of the molecule is C=CC[Si](C)(C)C1=[C]([Pt]([CH3])([CH3])[CH3])CC=C1C(C)C[Si](OC)(OC)OC. The Hall–Kier alpha value is 0.222. The molecule has 0 aromatic carbocycles. The van der Waals surface area contributed by atoms with Gasteiger partial charge in [-0.1, -0.05) is 0 Å². The van der Waals surface area contributed by atoms with Crippen molar-refractivity contribution in [2.75, 3.05) is 21.3 Å². The second-order valence-electron chi connectivity index (χ2n) is 7.81. The minimum atomic E-state index is -2.58. The van der Waals surface area contributed by atoms with Crippen LogP contribution in [-0.2, 0) is 29.3 Å². The molecule has 1 rings (SSSR count). The predicted molar refractivity (Wildman–Crippen MR) is 111 cm³/mol. The van der Waals surface area contributed by atoms with Crippen molar-refractivity contribution in [3.63, 3.8) is 0 Å². The Balaban J connectivity index is 3.30. The molecular formula is C19H38O3PtSi2. The molecule has 1 aliphatic carbocycles. The number of hydrogen-bond acceptors (Lipinski definition) is 3. The third-order valence-corrected chi connectivity index (χ3v) is 16.9. The molecule has 150 valence electrons. The summed E-state index contributed by atoms with van der Waals surface area (Å²) in [6.45, 7) is 11.3. The zero-order chi connectivity index (χ0) is 19.5. The standard InChI is InChI=1S/C16H29O3Si2.3CH3.Pt/c1-8-12-20(6,7)16-11-9-10-15(16)14(2)13-21(17-3,18-4)19-5;;;;/h8,10,14H,1,9,12-13H2,2-7H3;3*1H3;. The second-order valence-corrected chi connectivity index (χ2v) is 27.1. The van der Waals surface area contributed by atoms with Crippen molar-refractivity contribution in [1.82, 2.24) is 0 Å². The molecule has 0 fully saturated rings. The molecule has 1 atom stereocenters. The van der Waals surface area contributed by atoms with Crippen LogP contribution in [0.4, 0.5) is 0 Å². The van der Waals surface area contributed by atoms with E-state index < -0.39 is 32.9 Å². The van der Waals surface area contributed by atoms with Crippen LogP contribution in [0.5, 0.6) is 0 Å². The van der Waals surface area contributed by atoms with Gasteiger partial charge in [0.1, 0.15) is 0 Å². The van der Waals surface area contributed by atoms with Gasteiger partial charge < -0.3 is 0 Å². The van der Waals surface area contributed by atoms with Crippen molar-refractivity contribution in [3.05, 3.63) is 33.5 Å². The Labute approximate surface area is 161 Å². The average molecular weight is 566 g/mol. The van der Waals surface area contributed by atoms with Crippen LogP contribution in [0.15, 0.2) is 33.5 Å². The van der Waals surface area contributed by atoms with Crippen LogP contribution in [0.1, 0.15) is 13.3 Å². The molecule has 0 radical (unpaired) electrons. The first-order chi connectivity index (χ1) is 11.5. The third-order valence-electron chi connectivity index (χ3n) is 4.96. The van der Waals surface area contributed by atoms with E-state index in [-0.39, 0.29) is 0 Å². The van der Waals surface area contributed by atoms with E-state index in [1.807, 2.05) is 0 Å². The van der Waals surface area contributed by atoms with Gasteiger partial charge >= 0.3 is 161 Å². The molecule has 1 unspecified atom stereocenters. The van der Waals surface area contributed by atoms with Gasteiger partial charge in [-0.15, -0.1) is 0 Å². The van der Waals surface area contributed by atoms with Crippen molar-refractivity contribution < 1.29 is 29.3 Å². The summed E-state index contributed by atoms with van der Waals surface area (Å²) in [7, 11) is 0.998. The zero-order valence-corrected chi connectivity index (χ0v) is 21.9. The van der Waals surface area contributed by atoms with Gasteiger partial charge in [0.25, 0.3) is 0 Å². The molecule has 25 heavy (non-hydrogen) atoms. The monoisotopic (exact) mass is 565 g/mol. The van der Waals surface area contributed by atoms with E-state index in [4.69, 9.17) is 13.3 Å². The van der Waals surface area contributed by atoms with Crippen LogP contribution in [0.25, 0.3) is 0 Å². The van der Waals surface area contributed by atoms with E-state index >= 15 is 0 Å². The molecule has 0 aromatic rings. The number of hydrogen-bond donors (Lipinski definition) is 0. The van der Waals surface area contributed by atoms with Crippen LogP contribution < -0.4 is 0 Å². The normalized spacial score (nSPS) is 18.4. The van der Waals surface area contributed by atoms with E-state index in [0.29, 0.717) is 5.92 Å². The molecule has 0 aliphatic heterocycles. The van der Waals surface area contributed by atoms with Gasteiger partial charge in [-0.25, -0.2) is 0 Å². The summed E-state index contributed by atoms with van der Waals surface area (Å²) in [5.74, 6) is 0.388. The first-order valence-electron chi connectivity index (χ1n) is 8.54. The fourth-order valence-electron chi connectivity index (χ4n) is 3.61. The summed E-state index contributed by atoms with van der Waals surface area (Å²) in [5.41, 5.74) is 1.54. The Bertz CT molecular complexity index is 535. The molecule has 0 heterocycles. The predicted octanol–water partition coefficient (Wildman–Crippen LogP) is 5.82. The van der Waals surface area contributed by atoms with Crippen LogP contribution >= 0.6 is 0 Å². The van der Waals surface area contributed by atoms with E-state index in [0.717, 1.165) is 18.5 Å². The van der Waals surface area contributed by atoms with Crippen LogP contribution in [0, 0.1) is 5.92 Å². The van der Waals surface area contributed by atoms with Gasteiger partial charge in [-0.05, 0) is 0 Å². The van der Waals surface area contributed by atoms with Crippen molar-refractivity contribution in [1.29, 1.82) is 0 Å². The quantitative estimate of drug-likeness (QED) is 0.247. The summed E-state index contributed by atoms with van der Waals surface area (Å²) in [4.78, 5) is 0. The molecule has 0 saturated carbocycles. The van der Waals surface area contributed by atoms with Crippen molar-refractivity contribution >= 4 is 16.9 Å². The van der Waals surface area contributed by atoms with E-state index in [1.165, 1.54) is 5.57 Å². The van der Waals surface area contributed by atoms with E-state index in [9.17, 15) is 0 Å². The van der Waals surface area contributed by atoms with E-state index in [2.05, 4.69) is 54.7 Å². The third kappa shape index (κ3) is 5.36. The van der Waals surface area contributed by atoms with Crippen molar-refractivity contribution in [2.24, 2.45) is 5.92 Å². The summed E-state index contributed by atoms with van der Waals surface area (Å²) in [5, 5.41) is 9.26. The van der Waals surface area contributed by atoms with Crippen LogP contribution in [0.2, 0.25) is 41.1 Å². The zero-order valence-electron chi connectivity index (χ0n) is 17.6. The maximum absolute atomic E-state index is 5.69. The fourth-order valence-corrected chi connectivity index (χ4v) is 16.3. The maximum atomic E-state index is 5.69. The molecule has 0 bridgehead atoms. The number of allylic oxidation sites excluding steroid dienone is 5. The first kappa shape index (κ1) is 23.3. The Morgan fingerprint density at radius 2 is 1.68 bits per heavy atom. The summed E-state index contributed by atoms with van der Waals surface area (Å²) in [6, 6.07) is 1.96. The van der Waals surface area contributed by atoms with Crippen LogP contribution in [-0.4, -0.2) is 38.2 Å². The molecule has 0 spiro atoms. The van der Waals surface area contributed by atoms with Crippen molar-refractivity contribution in [3.8, 4) is 0 Å². The molecular weight excluding hydrogens is 527 g/mol. The van der Waals surface area contributed by atoms with Gasteiger partial charge in [0.15, 0.2) is 0 Å². The van der Waals surface area contributed by atoms with Gasteiger partial charge in [0, 0.05) is 0 Å². The number of rotatable bonds is 10. The molecule has 0 amide bonds. The first-order valence-corrected chi connectivity index (χ1v) is 21.6. The molecule has 1 aliphatic rings. The summed E-state index contributed by atoms with van der Waals surface area (Å²) >= 11 is -1.81. The van der Waals surface area contributed by atoms with Gasteiger partial charge in [-0.2, -0.15) is 0 Å². The van der Waals surface area contributed by atoms with Gasteiger partial charge in [0.2, 0.25) is 0 Å². The minimum absolute atomic E-state index is 0.388.